The van der Waals surface area contributed by atoms with E-state index in [0.717, 1.165) is 13.0 Å². The van der Waals surface area contributed by atoms with E-state index in [2.05, 4.69) is 21.8 Å². The number of anilines is 1. The summed E-state index contributed by atoms with van der Waals surface area (Å²) in [7, 11) is -1.95. The van der Waals surface area contributed by atoms with Gasteiger partial charge in [0.25, 0.3) is 0 Å². The van der Waals surface area contributed by atoms with Crippen molar-refractivity contribution in [3.8, 4) is 5.75 Å². The molecule has 0 spiro atoms. The molecule has 5 nitrogen and oxygen atoms in total. The number of hydrogen-bond donors (Lipinski definition) is 1. The highest BCUT2D eigenvalue weighted by atomic mass is 32.2. The van der Waals surface area contributed by atoms with Crippen LogP contribution in [0.15, 0.2) is 47.4 Å². The molecule has 0 saturated heterocycles. The van der Waals surface area contributed by atoms with E-state index in [-0.39, 0.29) is 0 Å². The van der Waals surface area contributed by atoms with Crippen LogP contribution in [-0.2, 0) is 16.4 Å². The number of para-hydroxylation sites is 1. The minimum atomic E-state index is -3.52. The van der Waals surface area contributed by atoms with Gasteiger partial charge in [-0.15, -0.1) is 0 Å². The van der Waals surface area contributed by atoms with Crippen molar-refractivity contribution in [1.82, 2.24) is 4.72 Å². The van der Waals surface area contributed by atoms with E-state index in [1.54, 1.807) is 32.2 Å². The molecule has 128 valence electrons. The first-order chi connectivity index (χ1) is 11.5. The van der Waals surface area contributed by atoms with Gasteiger partial charge in [0.15, 0.2) is 0 Å². The van der Waals surface area contributed by atoms with Crippen LogP contribution in [0.5, 0.6) is 5.75 Å². The summed E-state index contributed by atoms with van der Waals surface area (Å²) in [6.07, 6.45) is 1.01. The van der Waals surface area contributed by atoms with Gasteiger partial charge in [0.2, 0.25) is 10.0 Å². The molecule has 0 bridgehead atoms. The number of aryl methyl sites for hydroxylation is 1. The predicted octanol–water partition coefficient (Wildman–Crippen LogP) is 2.34. The van der Waals surface area contributed by atoms with Gasteiger partial charge in [-0.1, -0.05) is 18.2 Å². The average molecular weight is 346 g/mol. The van der Waals surface area contributed by atoms with Crippen LogP contribution in [0.4, 0.5) is 5.69 Å². The number of nitrogens with one attached hydrogen (secondary N) is 1. The smallest absolute Gasteiger partial charge is 0.240 e. The number of rotatable bonds is 6. The third-order valence-electron chi connectivity index (χ3n) is 4.33. The molecular formula is C18H22N2O3S. The minimum absolute atomic E-state index is 0.296. The molecule has 0 aliphatic carbocycles. The molecular weight excluding hydrogens is 324 g/mol. The van der Waals surface area contributed by atoms with Gasteiger partial charge in [-0.3, -0.25) is 0 Å². The molecule has 1 aliphatic heterocycles. The van der Waals surface area contributed by atoms with Crippen LogP contribution in [0.1, 0.15) is 11.1 Å². The van der Waals surface area contributed by atoms with Gasteiger partial charge in [0, 0.05) is 25.3 Å². The summed E-state index contributed by atoms with van der Waals surface area (Å²) in [6, 6.07) is 13.2. The molecule has 6 heteroatoms. The van der Waals surface area contributed by atoms with E-state index < -0.39 is 10.0 Å². The van der Waals surface area contributed by atoms with Gasteiger partial charge in [-0.05, 0) is 48.7 Å². The summed E-state index contributed by atoms with van der Waals surface area (Å²) in [5, 5.41) is 0. The fourth-order valence-electron chi connectivity index (χ4n) is 3.08. The van der Waals surface area contributed by atoms with Gasteiger partial charge >= 0.3 is 0 Å². The number of sulfonamides is 1. The standard InChI is InChI=1S/C18H22N2O3S/c1-14-13-16(23-2)7-8-18(14)24(21,22)19-10-12-20-11-9-15-5-3-4-6-17(15)20/h3-8,13,19H,9-12H2,1-2H3. The molecule has 0 saturated carbocycles. The van der Waals surface area contributed by atoms with Crippen molar-refractivity contribution in [2.24, 2.45) is 0 Å². The topological polar surface area (TPSA) is 58.6 Å². The molecule has 1 heterocycles. The second-order valence-electron chi connectivity index (χ2n) is 5.89. The fraction of sp³-hybridized carbons (Fsp3) is 0.333. The molecule has 0 fully saturated rings. The second-order valence-corrected chi connectivity index (χ2v) is 7.63. The van der Waals surface area contributed by atoms with Crippen molar-refractivity contribution in [3.05, 3.63) is 53.6 Å². The third-order valence-corrected chi connectivity index (χ3v) is 5.95. The monoisotopic (exact) mass is 346 g/mol. The largest absolute Gasteiger partial charge is 0.497 e. The van der Waals surface area contributed by atoms with Gasteiger partial charge in [0.05, 0.1) is 12.0 Å². The zero-order chi connectivity index (χ0) is 17.2. The minimum Gasteiger partial charge on any atom is -0.497 e. The molecule has 0 radical (unpaired) electrons. The van der Waals surface area contributed by atoms with Crippen LogP contribution < -0.4 is 14.4 Å². The van der Waals surface area contributed by atoms with E-state index in [1.165, 1.54) is 11.3 Å². The lowest BCUT2D eigenvalue weighted by molar-refractivity contribution is 0.414. The van der Waals surface area contributed by atoms with Crippen LogP contribution in [0, 0.1) is 6.92 Å². The highest BCUT2D eigenvalue weighted by molar-refractivity contribution is 7.89. The maximum atomic E-state index is 12.5. The Morgan fingerprint density at radius 1 is 1.21 bits per heavy atom. The van der Waals surface area contributed by atoms with E-state index in [4.69, 9.17) is 4.74 Å². The van der Waals surface area contributed by atoms with E-state index in [9.17, 15) is 8.42 Å². The summed E-state index contributed by atoms with van der Waals surface area (Å²) in [4.78, 5) is 2.52. The Kier molecular flexibility index (Phi) is 4.78. The third kappa shape index (κ3) is 3.39. The Balaban J connectivity index is 1.64. The molecule has 24 heavy (non-hydrogen) atoms. The lowest BCUT2D eigenvalue weighted by Crippen LogP contribution is -2.34. The van der Waals surface area contributed by atoms with Gasteiger partial charge in [-0.2, -0.15) is 0 Å². The number of ether oxygens (including phenoxy) is 1. The predicted molar refractivity (Wildman–Crippen MR) is 95.3 cm³/mol. The van der Waals surface area contributed by atoms with E-state index in [0.29, 0.717) is 29.3 Å². The van der Waals surface area contributed by atoms with Crippen LogP contribution in [0.2, 0.25) is 0 Å². The molecule has 2 aromatic carbocycles. The molecule has 0 aromatic heterocycles. The SMILES string of the molecule is COc1ccc(S(=O)(=O)NCCN2CCc3ccccc32)c(C)c1. The van der Waals surface area contributed by atoms with E-state index >= 15 is 0 Å². The number of nitrogens with zero attached hydrogens (tertiary/aromatic N) is 1. The molecule has 2 aromatic rings. The van der Waals surface area contributed by atoms with Crippen LogP contribution in [-0.4, -0.2) is 35.2 Å². The molecule has 0 amide bonds. The quantitative estimate of drug-likeness (QED) is 0.872. The lowest BCUT2D eigenvalue weighted by atomic mass is 10.2. The Hall–Kier alpha value is -2.05. The average Bonchev–Trinajstić information content (AvgIpc) is 2.97. The van der Waals surface area contributed by atoms with Crippen molar-refractivity contribution in [2.75, 3.05) is 31.6 Å². The molecule has 1 aliphatic rings. The summed E-state index contributed by atoms with van der Waals surface area (Å²) in [5.41, 5.74) is 3.21. The van der Waals surface area contributed by atoms with E-state index in [1.807, 2.05) is 12.1 Å². The Morgan fingerprint density at radius 3 is 2.75 bits per heavy atom. The van der Waals surface area contributed by atoms with Crippen molar-refractivity contribution >= 4 is 15.7 Å². The summed E-state index contributed by atoms with van der Waals surface area (Å²) < 4.78 is 32.8. The number of benzene rings is 2. The first kappa shape index (κ1) is 16.8. The fourth-order valence-corrected chi connectivity index (χ4v) is 4.33. The lowest BCUT2D eigenvalue weighted by Gasteiger charge is -2.19. The van der Waals surface area contributed by atoms with Crippen LogP contribution in [0.3, 0.4) is 0 Å². The van der Waals surface area contributed by atoms with Gasteiger partial charge in [0.1, 0.15) is 5.75 Å². The van der Waals surface area contributed by atoms with Gasteiger partial charge in [-0.25, -0.2) is 13.1 Å². The maximum Gasteiger partial charge on any atom is 0.240 e. The highest BCUT2D eigenvalue weighted by Gasteiger charge is 2.20. The Labute approximate surface area is 143 Å². The van der Waals surface area contributed by atoms with Crippen LogP contribution >= 0.6 is 0 Å². The second kappa shape index (κ2) is 6.83. The Bertz CT molecular complexity index is 834. The van der Waals surface area contributed by atoms with Crippen LogP contribution in [0.25, 0.3) is 0 Å². The normalized spacial score (nSPS) is 13.8. The molecule has 1 N–H and O–H groups in total. The number of fused-ring (bicyclic) bond motifs is 1. The summed E-state index contributed by atoms with van der Waals surface area (Å²) in [6.45, 7) is 3.74. The number of methoxy groups -OCH3 is 1. The van der Waals surface area contributed by atoms with Crippen molar-refractivity contribution in [1.29, 1.82) is 0 Å². The first-order valence-electron chi connectivity index (χ1n) is 7.98. The zero-order valence-corrected chi connectivity index (χ0v) is 14.8. The molecule has 0 unspecified atom stereocenters. The molecule has 0 atom stereocenters. The Morgan fingerprint density at radius 2 is 2.00 bits per heavy atom. The zero-order valence-electron chi connectivity index (χ0n) is 14.0. The summed E-state index contributed by atoms with van der Waals surface area (Å²) in [5.74, 6) is 0.653. The highest BCUT2D eigenvalue weighted by Crippen LogP contribution is 2.27. The van der Waals surface area contributed by atoms with Crippen molar-refractivity contribution in [3.63, 3.8) is 0 Å². The first-order valence-corrected chi connectivity index (χ1v) is 9.47. The maximum absolute atomic E-state index is 12.5. The van der Waals surface area contributed by atoms with Gasteiger partial charge < -0.3 is 9.64 Å². The number of hydrogen-bond acceptors (Lipinski definition) is 4. The van der Waals surface area contributed by atoms with Crippen molar-refractivity contribution < 1.29 is 13.2 Å². The summed E-state index contributed by atoms with van der Waals surface area (Å²) >= 11 is 0. The molecule has 3 rings (SSSR count). The van der Waals surface area contributed by atoms with Crippen molar-refractivity contribution in [2.45, 2.75) is 18.2 Å².